The largest absolute Gasteiger partial charge is 0.394 e. The van der Waals surface area contributed by atoms with Crippen LogP contribution in [0.25, 0.3) is 22.7 Å². The second-order valence-corrected chi connectivity index (χ2v) is 8.63. The van der Waals surface area contributed by atoms with Gasteiger partial charge in [-0.1, -0.05) is 5.21 Å². The highest BCUT2D eigenvalue weighted by atomic mass is 16.8. The first-order valence-corrected chi connectivity index (χ1v) is 10.5. The molecule has 172 valence electrons. The van der Waals surface area contributed by atoms with Gasteiger partial charge in [-0.2, -0.15) is 0 Å². The molecule has 0 bridgehead atoms. The number of rotatable bonds is 5. The third kappa shape index (κ3) is 3.20. The van der Waals surface area contributed by atoms with Gasteiger partial charge in [0.2, 0.25) is 0 Å². The van der Waals surface area contributed by atoms with E-state index in [4.69, 9.17) is 9.47 Å². The summed E-state index contributed by atoms with van der Waals surface area (Å²) in [6.07, 6.45) is 0.0105. The van der Waals surface area contributed by atoms with Crippen molar-refractivity contribution >= 4 is 11.2 Å². The molecule has 0 radical (unpaired) electrons. The van der Waals surface area contributed by atoms with Gasteiger partial charge in [-0.05, 0) is 20.3 Å². The molecule has 0 aliphatic carbocycles. The molecule has 2 N–H and O–H groups in total. The first kappa shape index (κ1) is 21.0. The molecule has 0 saturated carbocycles. The lowest BCUT2D eigenvalue weighted by Crippen LogP contribution is -2.40. The van der Waals surface area contributed by atoms with Gasteiger partial charge in [-0.25, -0.2) is 14.5 Å². The van der Waals surface area contributed by atoms with Crippen LogP contribution in [0.2, 0.25) is 0 Å². The minimum absolute atomic E-state index is 0.219. The lowest BCUT2D eigenvalue weighted by atomic mass is 10.1. The molecule has 5 heterocycles. The van der Waals surface area contributed by atoms with Gasteiger partial charge in [0.05, 0.1) is 19.3 Å². The van der Waals surface area contributed by atoms with Crippen LogP contribution in [-0.4, -0.2) is 74.6 Å². The molecule has 13 nitrogen and oxygen atoms in total. The minimum atomic E-state index is -1.10. The van der Waals surface area contributed by atoms with Gasteiger partial charge in [0.25, 0.3) is 5.56 Å². The van der Waals surface area contributed by atoms with Crippen molar-refractivity contribution in [3.8, 4) is 11.5 Å². The van der Waals surface area contributed by atoms with E-state index >= 15 is 0 Å². The zero-order chi connectivity index (χ0) is 22.8. The van der Waals surface area contributed by atoms with Crippen LogP contribution >= 0.6 is 0 Å². The lowest BCUT2D eigenvalue weighted by Gasteiger charge is -2.20. The predicted molar refractivity (Wildman–Crippen MR) is 110 cm³/mol. The number of aryl methyl sites for hydroxylation is 2. The average molecular weight is 447 g/mol. The number of hydrogen-bond acceptors (Lipinski definition) is 9. The van der Waals surface area contributed by atoms with E-state index in [9.17, 15) is 19.8 Å². The van der Waals surface area contributed by atoms with E-state index in [1.807, 2.05) is 4.57 Å². The summed E-state index contributed by atoms with van der Waals surface area (Å²) in [5.74, 6) is -0.456. The van der Waals surface area contributed by atoms with Gasteiger partial charge in [0.1, 0.15) is 24.0 Å². The van der Waals surface area contributed by atoms with Crippen molar-refractivity contribution in [2.75, 3.05) is 6.61 Å². The monoisotopic (exact) mass is 447 g/mol. The highest BCUT2D eigenvalue weighted by Crippen LogP contribution is 2.31. The summed E-state index contributed by atoms with van der Waals surface area (Å²) >= 11 is 0. The Balaban J connectivity index is 1.51. The molecule has 2 aliphatic heterocycles. The molecular formula is C19H25N7O6. The molecule has 3 aromatic rings. The fraction of sp³-hybridized carbons (Fsp3) is 0.632. The van der Waals surface area contributed by atoms with Crippen LogP contribution in [0.1, 0.15) is 20.3 Å². The summed E-state index contributed by atoms with van der Waals surface area (Å²) in [7, 11) is 1.44. The molecule has 0 amide bonds. The van der Waals surface area contributed by atoms with E-state index in [1.54, 1.807) is 29.3 Å². The van der Waals surface area contributed by atoms with Gasteiger partial charge in [0.15, 0.2) is 22.8 Å². The van der Waals surface area contributed by atoms with Crippen molar-refractivity contribution < 1.29 is 19.7 Å². The van der Waals surface area contributed by atoms with E-state index in [0.29, 0.717) is 30.3 Å². The smallest absolute Gasteiger partial charge is 0.332 e. The van der Waals surface area contributed by atoms with Gasteiger partial charge in [-0.15, -0.1) is 5.10 Å². The Bertz CT molecular complexity index is 1300. The molecule has 1 unspecified atom stereocenters. The first-order valence-electron chi connectivity index (χ1n) is 10.5. The van der Waals surface area contributed by atoms with E-state index < -0.39 is 36.3 Å². The minimum Gasteiger partial charge on any atom is -0.394 e. The third-order valence-electron chi connectivity index (χ3n) is 5.91. The predicted octanol–water partition coefficient (Wildman–Crippen LogP) is -1.57. The molecule has 1 fully saturated rings. The number of ether oxygens (including phenoxy) is 2. The van der Waals surface area contributed by atoms with Crippen molar-refractivity contribution in [1.29, 1.82) is 0 Å². The standard InChI is InChI=1S/C19H25N7O6/c1-19(2)31-12(14(32-19)11(28)9-27)8-24-7-10(21-22-24)15-20-13-16-25(15)5-4-6-26(16)18(30)23(3)17(13)29/h7,11-12,14,27-28H,4-6,8-9H2,1-3H3/t11?,12-,14-/m0/s1. The highest BCUT2D eigenvalue weighted by molar-refractivity contribution is 5.76. The molecule has 3 aromatic heterocycles. The molecular weight excluding hydrogens is 422 g/mol. The van der Waals surface area contributed by atoms with Crippen LogP contribution < -0.4 is 11.2 Å². The SMILES string of the molecule is Cn1c(=O)c2nc(-c3cn(C[C@@H]4OC(C)(C)O[C@H]4C(O)CO)nn3)n3c2n(c1=O)CCC3. The maximum atomic E-state index is 12.6. The normalized spacial score (nSPS) is 23.2. The number of hydrogen-bond donors (Lipinski definition) is 2. The van der Waals surface area contributed by atoms with Gasteiger partial charge in [-0.3, -0.25) is 13.9 Å². The maximum absolute atomic E-state index is 12.6. The number of nitrogens with zero attached hydrogens (tertiary/aromatic N) is 7. The quantitative estimate of drug-likeness (QED) is 0.473. The summed E-state index contributed by atoms with van der Waals surface area (Å²) in [6, 6.07) is 0. The van der Waals surface area contributed by atoms with Crippen molar-refractivity contribution in [2.24, 2.45) is 7.05 Å². The molecule has 3 atom stereocenters. The lowest BCUT2D eigenvalue weighted by molar-refractivity contribution is -0.157. The number of aromatic nitrogens is 7. The number of aliphatic hydroxyl groups is 2. The number of imidazole rings is 1. The third-order valence-corrected chi connectivity index (χ3v) is 5.91. The zero-order valence-electron chi connectivity index (χ0n) is 18.0. The molecule has 0 spiro atoms. The summed E-state index contributed by atoms with van der Waals surface area (Å²) in [4.78, 5) is 29.6. The van der Waals surface area contributed by atoms with Crippen molar-refractivity contribution in [3.63, 3.8) is 0 Å². The van der Waals surface area contributed by atoms with Crippen LogP contribution in [0.15, 0.2) is 15.8 Å². The summed E-state index contributed by atoms with van der Waals surface area (Å²) in [5.41, 5.74) is 0.343. The summed E-state index contributed by atoms with van der Waals surface area (Å²) in [6.45, 7) is 4.36. The van der Waals surface area contributed by atoms with Crippen LogP contribution in [0, 0.1) is 0 Å². The second-order valence-electron chi connectivity index (χ2n) is 8.63. The topological polar surface area (TPSA) is 151 Å². The Hall–Kier alpha value is -2.87. The molecule has 1 saturated heterocycles. The molecule has 13 heteroatoms. The second kappa shape index (κ2) is 7.33. The summed E-state index contributed by atoms with van der Waals surface area (Å²) < 4.78 is 17.6. The van der Waals surface area contributed by atoms with Crippen molar-refractivity contribution in [1.82, 2.24) is 33.7 Å². The van der Waals surface area contributed by atoms with Crippen molar-refractivity contribution in [3.05, 3.63) is 27.0 Å². The maximum Gasteiger partial charge on any atom is 0.332 e. The van der Waals surface area contributed by atoms with Crippen LogP contribution in [0.4, 0.5) is 0 Å². The van der Waals surface area contributed by atoms with Crippen LogP contribution in [0.3, 0.4) is 0 Å². The Morgan fingerprint density at radius 2 is 2.00 bits per heavy atom. The molecule has 32 heavy (non-hydrogen) atoms. The van der Waals surface area contributed by atoms with E-state index in [-0.39, 0.29) is 17.8 Å². The fourth-order valence-electron chi connectivity index (χ4n) is 4.48. The number of aliphatic hydroxyl groups excluding tert-OH is 2. The zero-order valence-corrected chi connectivity index (χ0v) is 18.0. The van der Waals surface area contributed by atoms with Crippen LogP contribution in [-0.2, 0) is 36.2 Å². The highest BCUT2D eigenvalue weighted by Gasteiger charge is 2.45. The summed E-state index contributed by atoms with van der Waals surface area (Å²) in [5, 5.41) is 27.8. The Morgan fingerprint density at radius 3 is 2.75 bits per heavy atom. The van der Waals surface area contributed by atoms with E-state index in [2.05, 4.69) is 15.3 Å². The van der Waals surface area contributed by atoms with Gasteiger partial charge >= 0.3 is 5.69 Å². The molecule has 2 aliphatic rings. The molecule has 5 rings (SSSR count). The Kier molecular flexibility index (Phi) is 4.81. The Morgan fingerprint density at radius 1 is 1.25 bits per heavy atom. The Labute approximate surface area is 181 Å². The first-order chi connectivity index (χ1) is 15.2. The molecule has 0 aromatic carbocycles. The van der Waals surface area contributed by atoms with Crippen molar-refractivity contribution in [2.45, 2.75) is 64.0 Å². The van der Waals surface area contributed by atoms with E-state index in [0.717, 1.165) is 11.0 Å². The van der Waals surface area contributed by atoms with Crippen LogP contribution in [0.5, 0.6) is 0 Å². The fourth-order valence-corrected chi connectivity index (χ4v) is 4.48. The average Bonchev–Trinajstić information content (AvgIpc) is 3.45. The van der Waals surface area contributed by atoms with Gasteiger partial charge < -0.3 is 24.3 Å². The van der Waals surface area contributed by atoms with Gasteiger partial charge in [0, 0.05) is 20.1 Å². The van der Waals surface area contributed by atoms with E-state index in [1.165, 1.54) is 7.05 Å².